The first-order valence-electron chi connectivity index (χ1n) is 11.6. The molecule has 0 aliphatic rings. The van der Waals surface area contributed by atoms with Crippen LogP contribution in [0.15, 0.2) is 59.3 Å². The smallest absolute Gasteiger partial charge is 0.300 e. The predicted molar refractivity (Wildman–Crippen MR) is 140 cm³/mol. The molecule has 10 nitrogen and oxygen atoms in total. The van der Waals surface area contributed by atoms with Crippen molar-refractivity contribution in [1.29, 1.82) is 0 Å². The summed E-state index contributed by atoms with van der Waals surface area (Å²) < 4.78 is 13.8. The average molecular weight is 516 g/mol. The number of ether oxygens (including phenoxy) is 1. The Bertz CT molecular complexity index is 1740. The third-order valence-electron chi connectivity index (χ3n) is 6.02. The minimum Gasteiger partial charge on any atom is -0.438 e. The van der Waals surface area contributed by atoms with Gasteiger partial charge in [-0.1, -0.05) is 11.6 Å². The summed E-state index contributed by atoms with van der Waals surface area (Å²) in [5.74, 6) is 0.970. The highest BCUT2D eigenvalue weighted by atomic mass is 35.5. The number of aliphatic hydroxyl groups excluding tert-OH is 1. The van der Waals surface area contributed by atoms with Crippen LogP contribution in [-0.4, -0.2) is 41.4 Å². The number of benzene rings is 2. The minimum absolute atomic E-state index is 0.0200. The van der Waals surface area contributed by atoms with Crippen LogP contribution >= 0.6 is 11.6 Å². The van der Waals surface area contributed by atoms with Crippen molar-refractivity contribution in [3.05, 3.63) is 71.3 Å². The summed E-state index contributed by atoms with van der Waals surface area (Å²) in [5, 5.41) is 18.4. The summed E-state index contributed by atoms with van der Waals surface area (Å²) in [5.41, 5.74) is 6.33. The molecule has 0 aliphatic carbocycles. The Morgan fingerprint density at radius 2 is 1.95 bits per heavy atom. The number of nitrogens with one attached hydrogen (secondary N) is 2. The largest absolute Gasteiger partial charge is 0.438 e. The standard InChI is InChI=1S/C26H22ClN7O3/c1-14-23(15(2)34(33-14)9-10-35)21-12-19-24(31-21)28-13-29-25(19)36-18-7-8-22-20(11-18)32-26(37-22)30-17-5-3-16(27)4-6-17/h3-8,11-13,35H,9-10H2,1-2H3,(H,30,32)(H,28,29,31). The molecule has 11 heteroatoms. The lowest BCUT2D eigenvalue weighted by Crippen LogP contribution is -2.05. The van der Waals surface area contributed by atoms with Crippen molar-refractivity contribution in [2.45, 2.75) is 20.4 Å². The van der Waals surface area contributed by atoms with Crippen LogP contribution in [0.4, 0.5) is 11.7 Å². The number of nitrogens with zero attached hydrogens (tertiary/aromatic N) is 5. The van der Waals surface area contributed by atoms with E-state index >= 15 is 0 Å². The Kier molecular flexibility index (Phi) is 5.74. The van der Waals surface area contributed by atoms with Crippen LogP contribution in [0.3, 0.4) is 0 Å². The number of hydrogen-bond donors (Lipinski definition) is 3. The minimum atomic E-state index is 0.0200. The normalized spacial score (nSPS) is 11.5. The molecule has 2 aromatic carbocycles. The van der Waals surface area contributed by atoms with Gasteiger partial charge in [-0.25, -0.2) is 9.97 Å². The maximum atomic E-state index is 9.33. The monoisotopic (exact) mass is 515 g/mol. The van der Waals surface area contributed by atoms with Crippen LogP contribution in [0.5, 0.6) is 11.6 Å². The Labute approximate surface area is 215 Å². The van der Waals surface area contributed by atoms with E-state index < -0.39 is 0 Å². The van der Waals surface area contributed by atoms with Gasteiger partial charge in [-0.15, -0.1) is 0 Å². The number of aryl methyl sites for hydroxylation is 1. The van der Waals surface area contributed by atoms with Gasteiger partial charge in [0.15, 0.2) is 5.58 Å². The highest BCUT2D eigenvalue weighted by molar-refractivity contribution is 6.30. The molecule has 0 amide bonds. The molecule has 0 atom stereocenters. The van der Waals surface area contributed by atoms with E-state index in [1.54, 1.807) is 35.0 Å². The fraction of sp³-hybridized carbons (Fsp3) is 0.154. The van der Waals surface area contributed by atoms with E-state index in [0.29, 0.717) is 46.0 Å². The van der Waals surface area contributed by atoms with Crippen molar-refractivity contribution in [2.24, 2.45) is 0 Å². The zero-order chi connectivity index (χ0) is 25.5. The number of aromatic nitrogens is 6. The summed E-state index contributed by atoms with van der Waals surface area (Å²) in [4.78, 5) is 16.6. The second-order valence-electron chi connectivity index (χ2n) is 8.50. The van der Waals surface area contributed by atoms with Crippen LogP contribution in [-0.2, 0) is 6.54 Å². The van der Waals surface area contributed by atoms with E-state index in [1.807, 2.05) is 32.0 Å². The van der Waals surface area contributed by atoms with Gasteiger partial charge < -0.3 is 24.6 Å². The number of rotatable bonds is 7. The molecular formula is C26H22ClN7O3. The van der Waals surface area contributed by atoms with Crippen molar-refractivity contribution >= 4 is 45.4 Å². The second kappa shape index (κ2) is 9.23. The molecule has 4 heterocycles. The summed E-state index contributed by atoms with van der Waals surface area (Å²) in [6.45, 7) is 4.37. The first-order valence-corrected chi connectivity index (χ1v) is 12.0. The van der Waals surface area contributed by atoms with Crippen molar-refractivity contribution < 1.29 is 14.3 Å². The molecule has 0 saturated carbocycles. The van der Waals surface area contributed by atoms with Crippen LogP contribution in [0, 0.1) is 13.8 Å². The second-order valence-corrected chi connectivity index (χ2v) is 8.94. The van der Waals surface area contributed by atoms with Crippen molar-refractivity contribution in [1.82, 2.24) is 29.7 Å². The lowest BCUT2D eigenvalue weighted by atomic mass is 10.1. The number of anilines is 2. The Balaban J connectivity index is 1.29. The fourth-order valence-corrected chi connectivity index (χ4v) is 4.45. The number of hydrogen-bond acceptors (Lipinski definition) is 8. The molecule has 0 unspecified atom stereocenters. The molecule has 6 aromatic rings. The lowest BCUT2D eigenvalue weighted by molar-refractivity contribution is 0.268. The quantitative estimate of drug-likeness (QED) is 0.245. The number of oxazole rings is 1. The zero-order valence-corrected chi connectivity index (χ0v) is 20.7. The van der Waals surface area contributed by atoms with Gasteiger partial charge in [0.2, 0.25) is 5.88 Å². The third-order valence-corrected chi connectivity index (χ3v) is 6.27. The van der Waals surface area contributed by atoms with Crippen LogP contribution in [0.25, 0.3) is 33.4 Å². The van der Waals surface area contributed by atoms with Gasteiger partial charge in [-0.05, 0) is 56.3 Å². The van der Waals surface area contributed by atoms with Crippen molar-refractivity contribution in [3.8, 4) is 22.9 Å². The Morgan fingerprint density at radius 1 is 1.11 bits per heavy atom. The molecule has 3 N–H and O–H groups in total. The summed E-state index contributed by atoms with van der Waals surface area (Å²) in [7, 11) is 0. The SMILES string of the molecule is Cc1nn(CCO)c(C)c1-c1cc2c(Oc3ccc4oc(Nc5ccc(Cl)cc5)nc4c3)ncnc2[nH]1. The molecule has 0 radical (unpaired) electrons. The number of aromatic amines is 1. The molecule has 4 aromatic heterocycles. The maximum Gasteiger partial charge on any atom is 0.300 e. The van der Waals surface area contributed by atoms with E-state index in [9.17, 15) is 5.11 Å². The van der Waals surface area contributed by atoms with Gasteiger partial charge in [-0.2, -0.15) is 10.1 Å². The van der Waals surface area contributed by atoms with Crippen LogP contribution < -0.4 is 10.1 Å². The van der Waals surface area contributed by atoms with Gasteiger partial charge in [0.05, 0.1) is 29.9 Å². The molecule has 0 spiro atoms. The lowest BCUT2D eigenvalue weighted by Gasteiger charge is -2.04. The first-order chi connectivity index (χ1) is 18.0. The number of aliphatic hydroxyl groups is 1. The summed E-state index contributed by atoms with van der Waals surface area (Å²) in [6.07, 6.45) is 1.45. The highest BCUT2D eigenvalue weighted by Crippen LogP contribution is 2.34. The molecule has 37 heavy (non-hydrogen) atoms. The van der Waals surface area contributed by atoms with Gasteiger partial charge in [0.25, 0.3) is 6.01 Å². The predicted octanol–water partition coefficient (Wildman–Crippen LogP) is 5.76. The van der Waals surface area contributed by atoms with E-state index in [1.165, 1.54) is 6.33 Å². The van der Waals surface area contributed by atoms with Crippen molar-refractivity contribution in [2.75, 3.05) is 11.9 Å². The van der Waals surface area contributed by atoms with Gasteiger partial charge >= 0.3 is 0 Å². The van der Waals surface area contributed by atoms with Gasteiger partial charge in [0.1, 0.15) is 23.2 Å². The van der Waals surface area contributed by atoms with Crippen LogP contribution in [0.2, 0.25) is 5.02 Å². The topological polar surface area (TPSA) is 127 Å². The van der Waals surface area contributed by atoms with Crippen molar-refractivity contribution in [3.63, 3.8) is 0 Å². The van der Waals surface area contributed by atoms with E-state index in [-0.39, 0.29) is 6.61 Å². The Hall–Kier alpha value is -4.41. The molecular weight excluding hydrogens is 494 g/mol. The molecule has 186 valence electrons. The Morgan fingerprint density at radius 3 is 2.76 bits per heavy atom. The van der Waals surface area contributed by atoms with Gasteiger partial charge in [-0.3, -0.25) is 4.68 Å². The van der Waals surface area contributed by atoms with E-state index in [2.05, 4.69) is 30.4 Å². The zero-order valence-electron chi connectivity index (χ0n) is 20.0. The van der Waals surface area contributed by atoms with E-state index in [0.717, 1.165) is 33.7 Å². The third kappa shape index (κ3) is 4.37. The molecule has 0 fully saturated rings. The fourth-order valence-electron chi connectivity index (χ4n) is 4.32. The first kappa shape index (κ1) is 23.0. The summed E-state index contributed by atoms with van der Waals surface area (Å²) in [6, 6.07) is 15.0. The average Bonchev–Trinajstić information content (AvgIpc) is 3.56. The number of H-pyrrole nitrogens is 1. The number of fused-ring (bicyclic) bond motifs is 2. The molecule has 0 saturated heterocycles. The highest BCUT2D eigenvalue weighted by Gasteiger charge is 2.18. The molecule has 6 rings (SSSR count). The summed E-state index contributed by atoms with van der Waals surface area (Å²) >= 11 is 5.95. The molecule has 0 aliphatic heterocycles. The number of halogens is 1. The van der Waals surface area contributed by atoms with Crippen LogP contribution in [0.1, 0.15) is 11.4 Å². The molecule has 0 bridgehead atoms. The van der Waals surface area contributed by atoms with Gasteiger partial charge in [0, 0.05) is 28.0 Å². The maximum absolute atomic E-state index is 9.33. The van der Waals surface area contributed by atoms with E-state index in [4.69, 9.17) is 20.8 Å².